The van der Waals surface area contributed by atoms with Crippen LogP contribution in [0.1, 0.15) is 38.3 Å². The van der Waals surface area contributed by atoms with Gasteiger partial charge in [-0.3, -0.25) is 9.58 Å². The van der Waals surface area contributed by atoms with Gasteiger partial charge in [0.05, 0.1) is 6.20 Å². The summed E-state index contributed by atoms with van der Waals surface area (Å²) in [5.41, 5.74) is 7.40. The summed E-state index contributed by atoms with van der Waals surface area (Å²) in [5.74, 6) is 0.721. The van der Waals surface area contributed by atoms with E-state index in [1.165, 1.54) is 19.4 Å². The molecule has 0 amide bonds. The fourth-order valence-corrected chi connectivity index (χ4v) is 2.82. The molecule has 0 aliphatic carbocycles. The minimum atomic E-state index is 0.0862. The molecule has 1 saturated heterocycles. The Hall–Kier alpha value is -0.870. The van der Waals surface area contributed by atoms with Gasteiger partial charge in [-0.2, -0.15) is 5.10 Å². The van der Waals surface area contributed by atoms with Crippen molar-refractivity contribution in [3.63, 3.8) is 0 Å². The van der Waals surface area contributed by atoms with Crippen LogP contribution in [0.25, 0.3) is 0 Å². The quantitative estimate of drug-likeness (QED) is 0.862. The first-order valence-electron chi connectivity index (χ1n) is 6.56. The van der Waals surface area contributed by atoms with Gasteiger partial charge in [0.25, 0.3) is 0 Å². The Morgan fingerprint density at radius 3 is 2.88 bits per heavy atom. The van der Waals surface area contributed by atoms with Crippen LogP contribution in [-0.2, 0) is 7.05 Å². The minimum Gasteiger partial charge on any atom is -0.323 e. The molecule has 4 heteroatoms. The lowest BCUT2D eigenvalue weighted by molar-refractivity contribution is 0.195. The molecular weight excluding hydrogens is 212 g/mol. The number of rotatable bonds is 4. The van der Waals surface area contributed by atoms with Gasteiger partial charge in [-0.15, -0.1) is 0 Å². The number of hydrogen-bond acceptors (Lipinski definition) is 3. The Bertz CT molecular complexity index is 358. The van der Waals surface area contributed by atoms with E-state index in [2.05, 4.69) is 23.8 Å². The summed E-state index contributed by atoms with van der Waals surface area (Å²) >= 11 is 0. The minimum absolute atomic E-state index is 0.0862. The van der Waals surface area contributed by atoms with E-state index in [0.717, 1.165) is 18.0 Å². The Morgan fingerprint density at radius 2 is 2.29 bits per heavy atom. The largest absolute Gasteiger partial charge is 0.323 e. The molecule has 1 aliphatic heterocycles. The van der Waals surface area contributed by atoms with E-state index in [1.54, 1.807) is 0 Å². The second-order valence-electron chi connectivity index (χ2n) is 5.50. The summed E-state index contributed by atoms with van der Waals surface area (Å²) in [4.78, 5) is 2.54. The molecule has 17 heavy (non-hydrogen) atoms. The average Bonchev–Trinajstić information content (AvgIpc) is 2.86. The number of nitrogens with two attached hydrogens (primary N) is 1. The van der Waals surface area contributed by atoms with Crippen molar-refractivity contribution in [2.45, 2.75) is 38.8 Å². The third kappa shape index (κ3) is 2.87. The predicted molar refractivity (Wildman–Crippen MR) is 69.6 cm³/mol. The predicted octanol–water partition coefficient (Wildman–Crippen LogP) is 1.54. The third-order valence-corrected chi connectivity index (χ3v) is 3.77. The van der Waals surface area contributed by atoms with Crippen molar-refractivity contribution >= 4 is 0 Å². The van der Waals surface area contributed by atoms with Gasteiger partial charge in [-0.05, 0) is 25.3 Å². The highest BCUT2D eigenvalue weighted by molar-refractivity contribution is 5.10. The van der Waals surface area contributed by atoms with E-state index in [4.69, 9.17) is 5.73 Å². The summed E-state index contributed by atoms with van der Waals surface area (Å²) < 4.78 is 1.82. The Morgan fingerprint density at radius 1 is 1.53 bits per heavy atom. The Balaban J connectivity index is 1.96. The normalized spacial score (nSPS) is 23.5. The molecular formula is C13H24N4. The van der Waals surface area contributed by atoms with Crippen molar-refractivity contribution in [3.8, 4) is 0 Å². The van der Waals surface area contributed by atoms with Crippen molar-refractivity contribution < 1.29 is 0 Å². The van der Waals surface area contributed by atoms with E-state index in [9.17, 15) is 0 Å². The standard InChI is InChI=1S/C13H24N4/c1-10(2)13-5-4-6-17(13)9-12(14)11-7-15-16(3)8-11/h7-8,10,12-13H,4-6,9,14H2,1-3H3. The van der Waals surface area contributed by atoms with Crippen LogP contribution in [0.5, 0.6) is 0 Å². The highest BCUT2D eigenvalue weighted by Gasteiger charge is 2.28. The molecule has 4 nitrogen and oxygen atoms in total. The van der Waals surface area contributed by atoms with Crippen LogP contribution in [-0.4, -0.2) is 33.8 Å². The average molecular weight is 236 g/mol. The molecule has 0 spiro atoms. The van der Waals surface area contributed by atoms with E-state index < -0.39 is 0 Å². The zero-order chi connectivity index (χ0) is 12.4. The summed E-state index contributed by atoms with van der Waals surface area (Å²) in [6.07, 6.45) is 6.52. The summed E-state index contributed by atoms with van der Waals surface area (Å²) in [6, 6.07) is 0.792. The molecule has 96 valence electrons. The van der Waals surface area contributed by atoms with Crippen molar-refractivity contribution in [2.24, 2.45) is 18.7 Å². The highest BCUT2D eigenvalue weighted by Crippen LogP contribution is 2.25. The van der Waals surface area contributed by atoms with Gasteiger partial charge in [-0.25, -0.2) is 0 Å². The summed E-state index contributed by atoms with van der Waals surface area (Å²) in [7, 11) is 1.93. The van der Waals surface area contributed by atoms with Gasteiger partial charge >= 0.3 is 0 Å². The molecule has 2 heterocycles. The molecule has 1 fully saturated rings. The van der Waals surface area contributed by atoms with Crippen LogP contribution in [0.15, 0.2) is 12.4 Å². The maximum atomic E-state index is 6.26. The lowest BCUT2D eigenvalue weighted by Gasteiger charge is -2.29. The molecule has 2 unspecified atom stereocenters. The first-order chi connectivity index (χ1) is 8.08. The summed E-state index contributed by atoms with van der Waals surface area (Å²) in [5, 5.41) is 4.18. The van der Waals surface area contributed by atoms with E-state index >= 15 is 0 Å². The van der Waals surface area contributed by atoms with Gasteiger partial charge in [0.1, 0.15) is 0 Å². The first-order valence-corrected chi connectivity index (χ1v) is 6.56. The third-order valence-electron chi connectivity index (χ3n) is 3.77. The smallest absolute Gasteiger partial charge is 0.0537 e. The molecule has 2 rings (SSSR count). The van der Waals surface area contributed by atoms with Crippen molar-refractivity contribution in [1.82, 2.24) is 14.7 Å². The molecule has 2 N–H and O–H groups in total. The molecule has 0 aromatic carbocycles. The molecule has 1 aliphatic rings. The number of aromatic nitrogens is 2. The highest BCUT2D eigenvalue weighted by atomic mass is 15.2. The maximum Gasteiger partial charge on any atom is 0.0537 e. The number of aryl methyl sites for hydroxylation is 1. The van der Waals surface area contributed by atoms with Crippen molar-refractivity contribution in [3.05, 3.63) is 18.0 Å². The van der Waals surface area contributed by atoms with Crippen molar-refractivity contribution in [2.75, 3.05) is 13.1 Å². The van der Waals surface area contributed by atoms with Gasteiger partial charge in [-0.1, -0.05) is 13.8 Å². The lowest BCUT2D eigenvalue weighted by Crippen LogP contribution is -2.38. The van der Waals surface area contributed by atoms with Crippen LogP contribution in [0, 0.1) is 5.92 Å². The second kappa shape index (κ2) is 5.19. The number of hydrogen-bond donors (Lipinski definition) is 1. The number of likely N-dealkylation sites (tertiary alicyclic amines) is 1. The number of nitrogens with zero attached hydrogens (tertiary/aromatic N) is 3. The van der Waals surface area contributed by atoms with Gasteiger partial charge in [0, 0.05) is 37.4 Å². The van der Waals surface area contributed by atoms with Gasteiger partial charge in [0.2, 0.25) is 0 Å². The first kappa shape index (κ1) is 12.6. The van der Waals surface area contributed by atoms with Crippen LogP contribution >= 0.6 is 0 Å². The molecule has 0 bridgehead atoms. The van der Waals surface area contributed by atoms with E-state index in [-0.39, 0.29) is 6.04 Å². The van der Waals surface area contributed by atoms with Crippen LogP contribution < -0.4 is 5.73 Å². The molecule has 1 aromatic rings. The maximum absolute atomic E-state index is 6.26. The topological polar surface area (TPSA) is 47.1 Å². The fraction of sp³-hybridized carbons (Fsp3) is 0.769. The monoisotopic (exact) mass is 236 g/mol. The SMILES string of the molecule is CC(C)C1CCCN1CC(N)c1cnn(C)c1. The Labute approximate surface area is 104 Å². The molecule has 1 aromatic heterocycles. The van der Waals surface area contributed by atoms with Crippen LogP contribution in [0.2, 0.25) is 0 Å². The van der Waals surface area contributed by atoms with Crippen LogP contribution in [0.3, 0.4) is 0 Å². The van der Waals surface area contributed by atoms with Gasteiger partial charge in [0.15, 0.2) is 0 Å². The Kier molecular flexibility index (Phi) is 3.84. The zero-order valence-corrected chi connectivity index (χ0v) is 11.1. The molecule has 0 radical (unpaired) electrons. The molecule has 0 saturated carbocycles. The molecule has 2 atom stereocenters. The zero-order valence-electron chi connectivity index (χ0n) is 11.1. The van der Waals surface area contributed by atoms with E-state index in [0.29, 0.717) is 6.04 Å². The van der Waals surface area contributed by atoms with Crippen molar-refractivity contribution in [1.29, 1.82) is 0 Å². The lowest BCUT2D eigenvalue weighted by atomic mass is 10.0. The van der Waals surface area contributed by atoms with Crippen LogP contribution in [0.4, 0.5) is 0 Å². The van der Waals surface area contributed by atoms with Gasteiger partial charge < -0.3 is 5.73 Å². The summed E-state index contributed by atoms with van der Waals surface area (Å²) in [6.45, 7) is 6.75. The fourth-order valence-electron chi connectivity index (χ4n) is 2.82. The second-order valence-corrected chi connectivity index (χ2v) is 5.50. The van der Waals surface area contributed by atoms with E-state index in [1.807, 2.05) is 24.1 Å².